The zero-order valence-electron chi connectivity index (χ0n) is 10.3. The van der Waals surface area contributed by atoms with Crippen molar-refractivity contribution in [3.8, 4) is 0 Å². The summed E-state index contributed by atoms with van der Waals surface area (Å²) < 4.78 is 0.823. The minimum Gasteiger partial charge on any atom is -0.379 e. The number of carbonyl (C=O) groups is 1. The number of nitrogens with two attached hydrogens (primary N) is 1. The molecule has 1 amide bonds. The smallest absolute Gasteiger partial charge is 0.221 e. The quantitative estimate of drug-likeness (QED) is 0.832. The fourth-order valence-electron chi connectivity index (χ4n) is 1.68. The van der Waals surface area contributed by atoms with E-state index in [0.717, 1.165) is 21.5 Å². The molecule has 5 heteroatoms. The highest BCUT2D eigenvalue weighted by Crippen LogP contribution is 2.12. The average Bonchev–Trinajstić information content (AvgIpc) is 2.37. The first-order chi connectivity index (χ1) is 9.13. The Morgan fingerprint density at radius 3 is 2.58 bits per heavy atom. The average molecular weight is 320 g/mol. The number of carbonyl (C=O) groups excluding carboxylic acids is 1. The van der Waals surface area contributed by atoms with Crippen LogP contribution in [0.15, 0.2) is 47.1 Å². The first-order valence-corrected chi connectivity index (χ1v) is 6.65. The Hall–Kier alpha value is -1.88. The number of primary amides is 1. The molecular formula is C14H14BrN3O. The minimum absolute atomic E-state index is 0.271. The lowest BCUT2D eigenvalue weighted by Gasteiger charge is -2.07. The highest BCUT2D eigenvalue weighted by molar-refractivity contribution is 9.10. The number of anilines is 1. The van der Waals surface area contributed by atoms with Gasteiger partial charge < -0.3 is 11.1 Å². The lowest BCUT2D eigenvalue weighted by atomic mass is 10.1. The normalized spacial score (nSPS) is 10.2. The molecule has 1 aromatic carbocycles. The number of hydrogen-bond acceptors (Lipinski definition) is 3. The monoisotopic (exact) mass is 319 g/mol. The molecule has 4 nitrogen and oxygen atoms in total. The number of aromatic nitrogens is 1. The van der Waals surface area contributed by atoms with Gasteiger partial charge in [0.25, 0.3) is 0 Å². The van der Waals surface area contributed by atoms with Gasteiger partial charge in [-0.1, -0.05) is 18.2 Å². The molecule has 2 aromatic rings. The fourth-order valence-corrected chi connectivity index (χ4v) is 2.06. The second-order valence-electron chi connectivity index (χ2n) is 4.15. The zero-order chi connectivity index (χ0) is 13.7. The van der Waals surface area contributed by atoms with Crippen molar-refractivity contribution in [3.05, 3.63) is 58.3 Å². The van der Waals surface area contributed by atoms with Crippen molar-refractivity contribution >= 4 is 27.5 Å². The molecule has 0 fully saturated rings. The summed E-state index contributed by atoms with van der Waals surface area (Å²) in [4.78, 5) is 15.1. The zero-order valence-corrected chi connectivity index (χ0v) is 11.9. The van der Waals surface area contributed by atoms with Crippen LogP contribution < -0.4 is 11.1 Å². The largest absolute Gasteiger partial charge is 0.379 e. The number of amides is 1. The van der Waals surface area contributed by atoms with Gasteiger partial charge in [-0.15, -0.1) is 0 Å². The predicted molar refractivity (Wildman–Crippen MR) is 78.6 cm³/mol. The van der Waals surface area contributed by atoms with Crippen molar-refractivity contribution in [2.24, 2.45) is 5.73 Å². The molecule has 0 bridgehead atoms. The van der Waals surface area contributed by atoms with Crippen molar-refractivity contribution in [2.45, 2.75) is 13.0 Å². The molecule has 3 N–H and O–H groups in total. The summed E-state index contributed by atoms with van der Waals surface area (Å²) >= 11 is 3.34. The van der Waals surface area contributed by atoms with E-state index in [9.17, 15) is 4.79 Å². The standard InChI is InChI=1S/C14H14BrN3O/c15-13-3-1-2-12(18-13)9-17-11-6-4-10(5-7-11)8-14(16)19/h1-7,17H,8-9H2,(H2,16,19). The van der Waals surface area contributed by atoms with Crippen LogP contribution in [0.3, 0.4) is 0 Å². The van der Waals surface area contributed by atoms with Crippen LogP contribution in [0.1, 0.15) is 11.3 Å². The van der Waals surface area contributed by atoms with Crippen molar-refractivity contribution in [3.63, 3.8) is 0 Å². The maximum absolute atomic E-state index is 10.8. The van der Waals surface area contributed by atoms with E-state index < -0.39 is 0 Å². The second kappa shape index (κ2) is 6.33. The Morgan fingerprint density at radius 1 is 1.21 bits per heavy atom. The Morgan fingerprint density at radius 2 is 1.95 bits per heavy atom. The van der Waals surface area contributed by atoms with Crippen LogP contribution in [0.2, 0.25) is 0 Å². The van der Waals surface area contributed by atoms with Crippen LogP contribution in [0, 0.1) is 0 Å². The lowest BCUT2D eigenvalue weighted by molar-refractivity contribution is -0.117. The number of nitrogens with zero attached hydrogens (tertiary/aromatic N) is 1. The van der Waals surface area contributed by atoms with Gasteiger partial charge >= 0.3 is 0 Å². The van der Waals surface area contributed by atoms with E-state index in [1.807, 2.05) is 42.5 Å². The maximum Gasteiger partial charge on any atom is 0.221 e. The second-order valence-corrected chi connectivity index (χ2v) is 4.96. The topological polar surface area (TPSA) is 68.0 Å². The number of hydrogen-bond donors (Lipinski definition) is 2. The Kier molecular flexibility index (Phi) is 4.52. The molecule has 0 saturated carbocycles. The lowest BCUT2D eigenvalue weighted by Crippen LogP contribution is -2.13. The SMILES string of the molecule is NC(=O)Cc1ccc(NCc2cccc(Br)n2)cc1. The van der Waals surface area contributed by atoms with E-state index in [1.54, 1.807) is 0 Å². The molecule has 0 aliphatic rings. The molecule has 0 radical (unpaired) electrons. The minimum atomic E-state index is -0.320. The van der Waals surface area contributed by atoms with E-state index >= 15 is 0 Å². The van der Waals surface area contributed by atoms with Gasteiger partial charge in [-0.25, -0.2) is 4.98 Å². The molecule has 0 spiro atoms. The van der Waals surface area contributed by atoms with Gasteiger partial charge in [-0.05, 0) is 45.8 Å². The number of halogens is 1. The highest BCUT2D eigenvalue weighted by Gasteiger charge is 1.99. The Balaban J connectivity index is 1.94. The van der Waals surface area contributed by atoms with Crippen LogP contribution in [-0.2, 0) is 17.8 Å². The van der Waals surface area contributed by atoms with Crippen LogP contribution >= 0.6 is 15.9 Å². The van der Waals surface area contributed by atoms with Crippen molar-refractivity contribution in [1.29, 1.82) is 0 Å². The molecule has 98 valence electrons. The van der Waals surface area contributed by atoms with Crippen molar-refractivity contribution in [1.82, 2.24) is 4.98 Å². The van der Waals surface area contributed by atoms with Gasteiger partial charge in [-0.3, -0.25) is 4.79 Å². The fraction of sp³-hybridized carbons (Fsp3) is 0.143. The summed E-state index contributed by atoms with van der Waals surface area (Å²) in [6, 6.07) is 13.4. The third kappa shape index (κ3) is 4.37. The van der Waals surface area contributed by atoms with Crippen molar-refractivity contribution in [2.75, 3.05) is 5.32 Å². The summed E-state index contributed by atoms with van der Waals surface area (Å²) in [5.41, 5.74) is 8.00. The van der Waals surface area contributed by atoms with Crippen molar-refractivity contribution < 1.29 is 4.79 Å². The third-order valence-corrected chi connectivity index (χ3v) is 3.02. The Labute approximate surface area is 120 Å². The molecule has 2 rings (SSSR count). The first kappa shape index (κ1) is 13.5. The number of benzene rings is 1. The van der Waals surface area contributed by atoms with Gasteiger partial charge in [0, 0.05) is 5.69 Å². The van der Waals surface area contributed by atoms with Crippen LogP contribution in [0.25, 0.3) is 0 Å². The molecule has 1 heterocycles. The van der Waals surface area contributed by atoms with E-state index in [1.165, 1.54) is 0 Å². The molecular weight excluding hydrogens is 306 g/mol. The molecule has 1 aromatic heterocycles. The molecule has 0 atom stereocenters. The summed E-state index contributed by atoms with van der Waals surface area (Å²) in [5, 5.41) is 3.27. The summed E-state index contributed by atoms with van der Waals surface area (Å²) in [6.07, 6.45) is 0.271. The molecule has 0 unspecified atom stereocenters. The molecule has 0 saturated heterocycles. The molecule has 0 aliphatic carbocycles. The summed E-state index contributed by atoms with van der Waals surface area (Å²) in [5.74, 6) is -0.320. The molecule has 19 heavy (non-hydrogen) atoms. The summed E-state index contributed by atoms with van der Waals surface area (Å²) in [6.45, 7) is 0.647. The van der Waals surface area contributed by atoms with Crippen LogP contribution in [-0.4, -0.2) is 10.9 Å². The van der Waals surface area contributed by atoms with Crippen LogP contribution in [0.4, 0.5) is 5.69 Å². The maximum atomic E-state index is 10.8. The van der Waals surface area contributed by atoms with Gasteiger partial charge in [0.1, 0.15) is 4.60 Å². The summed E-state index contributed by atoms with van der Waals surface area (Å²) in [7, 11) is 0. The van der Waals surface area contributed by atoms with E-state index in [0.29, 0.717) is 6.54 Å². The van der Waals surface area contributed by atoms with Gasteiger partial charge in [0.2, 0.25) is 5.91 Å². The molecule has 0 aliphatic heterocycles. The third-order valence-electron chi connectivity index (χ3n) is 2.58. The van der Waals surface area contributed by atoms with E-state index in [-0.39, 0.29) is 12.3 Å². The predicted octanol–water partition coefficient (Wildman–Crippen LogP) is 2.48. The Bertz CT molecular complexity index is 569. The van der Waals surface area contributed by atoms with E-state index in [2.05, 4.69) is 26.2 Å². The van der Waals surface area contributed by atoms with E-state index in [4.69, 9.17) is 5.73 Å². The van der Waals surface area contributed by atoms with Crippen LogP contribution in [0.5, 0.6) is 0 Å². The number of rotatable bonds is 5. The van der Waals surface area contributed by atoms with Gasteiger partial charge in [-0.2, -0.15) is 0 Å². The number of pyridine rings is 1. The van der Waals surface area contributed by atoms with Gasteiger partial charge in [0.05, 0.1) is 18.7 Å². The first-order valence-electron chi connectivity index (χ1n) is 5.86. The highest BCUT2D eigenvalue weighted by atomic mass is 79.9. The van der Waals surface area contributed by atoms with Gasteiger partial charge in [0.15, 0.2) is 0 Å². The number of nitrogens with one attached hydrogen (secondary N) is 1.